The summed E-state index contributed by atoms with van der Waals surface area (Å²) in [5, 5.41) is 3.46. The average Bonchev–Trinajstić information content (AvgIpc) is 2.35. The van der Waals surface area contributed by atoms with Gasteiger partial charge < -0.3 is 10.1 Å². The number of carbonyl (C=O) groups is 1. The molecule has 0 radical (unpaired) electrons. The highest BCUT2D eigenvalue weighted by Gasteiger charge is 2.31. The second-order valence-electron chi connectivity index (χ2n) is 7.61. The van der Waals surface area contributed by atoms with Crippen LogP contribution in [0.4, 0.5) is 0 Å². The smallest absolute Gasteiger partial charge is 0.155 e. The lowest BCUT2D eigenvalue weighted by Gasteiger charge is -2.32. The van der Waals surface area contributed by atoms with Gasteiger partial charge in [0, 0.05) is 11.0 Å². The normalized spacial score (nSPS) is 13.9. The molecule has 0 bridgehead atoms. The summed E-state index contributed by atoms with van der Waals surface area (Å²) in [6.07, 6.45) is 0.692. The Labute approximate surface area is 129 Å². The summed E-state index contributed by atoms with van der Waals surface area (Å²) >= 11 is 0. The second-order valence-corrected chi connectivity index (χ2v) is 7.61. The fourth-order valence-corrected chi connectivity index (χ4v) is 2.25. The number of ether oxygens (including phenoxy) is 1. The van der Waals surface area contributed by atoms with Gasteiger partial charge in [0.2, 0.25) is 0 Å². The molecule has 21 heavy (non-hydrogen) atoms. The second kappa shape index (κ2) is 6.61. The first-order valence-corrected chi connectivity index (χ1v) is 7.48. The van der Waals surface area contributed by atoms with Crippen LogP contribution in [0, 0.1) is 5.41 Å². The molecule has 1 rings (SSSR count). The quantitative estimate of drug-likeness (QED) is 0.900. The fraction of sp³-hybridized carbons (Fsp3) is 0.611. The maximum Gasteiger partial charge on any atom is 0.155 e. The van der Waals surface area contributed by atoms with Gasteiger partial charge in [-0.3, -0.25) is 4.79 Å². The van der Waals surface area contributed by atoms with Crippen molar-refractivity contribution in [3.63, 3.8) is 0 Å². The highest BCUT2D eigenvalue weighted by molar-refractivity contribution is 5.89. The maximum absolute atomic E-state index is 12.7. The minimum atomic E-state index is -0.352. The Morgan fingerprint density at radius 1 is 1.10 bits per heavy atom. The lowest BCUT2D eigenvalue weighted by molar-refractivity contribution is -0.128. The van der Waals surface area contributed by atoms with Crippen molar-refractivity contribution in [3.8, 4) is 5.75 Å². The monoisotopic (exact) mass is 291 g/mol. The zero-order valence-electron chi connectivity index (χ0n) is 14.4. The van der Waals surface area contributed by atoms with Gasteiger partial charge in [-0.2, -0.15) is 0 Å². The van der Waals surface area contributed by atoms with E-state index in [0.29, 0.717) is 6.42 Å². The topological polar surface area (TPSA) is 38.3 Å². The van der Waals surface area contributed by atoms with Crippen molar-refractivity contribution >= 4 is 5.78 Å². The van der Waals surface area contributed by atoms with E-state index in [1.807, 2.05) is 45.0 Å². The molecule has 118 valence electrons. The molecular weight excluding hydrogens is 262 g/mol. The van der Waals surface area contributed by atoms with Crippen LogP contribution in [0.3, 0.4) is 0 Å². The molecule has 0 aromatic heterocycles. The number of Topliss-reactive ketones (excluding diaryl/α,β-unsaturated/α-hetero) is 1. The number of rotatable bonds is 5. The van der Waals surface area contributed by atoms with Crippen LogP contribution >= 0.6 is 0 Å². The van der Waals surface area contributed by atoms with Crippen molar-refractivity contribution < 1.29 is 9.53 Å². The van der Waals surface area contributed by atoms with Gasteiger partial charge in [-0.15, -0.1) is 0 Å². The highest BCUT2D eigenvalue weighted by Crippen LogP contribution is 2.21. The van der Waals surface area contributed by atoms with Gasteiger partial charge in [-0.1, -0.05) is 32.9 Å². The molecule has 0 aliphatic carbocycles. The largest absolute Gasteiger partial charge is 0.497 e. The fourth-order valence-electron chi connectivity index (χ4n) is 2.25. The molecule has 0 saturated heterocycles. The molecule has 1 unspecified atom stereocenters. The number of carbonyl (C=O) groups excluding carboxylic acids is 1. The van der Waals surface area contributed by atoms with Gasteiger partial charge in [0.05, 0.1) is 13.2 Å². The maximum atomic E-state index is 12.7. The molecule has 0 heterocycles. The lowest BCUT2D eigenvalue weighted by atomic mass is 9.83. The van der Waals surface area contributed by atoms with Gasteiger partial charge in [0.25, 0.3) is 0 Å². The summed E-state index contributed by atoms with van der Waals surface area (Å²) in [5.41, 5.74) is 0.683. The number of nitrogens with one attached hydrogen (secondary N) is 1. The number of ketones is 1. The van der Waals surface area contributed by atoms with E-state index in [1.54, 1.807) is 7.11 Å². The molecule has 0 amide bonds. The number of methoxy groups -OCH3 is 1. The molecule has 0 aliphatic rings. The Kier molecular flexibility index (Phi) is 5.57. The molecule has 1 aromatic rings. The van der Waals surface area contributed by atoms with E-state index in [2.05, 4.69) is 26.1 Å². The Hall–Kier alpha value is -1.35. The minimum absolute atomic E-state index is 0.0992. The van der Waals surface area contributed by atoms with E-state index in [4.69, 9.17) is 4.74 Å². The van der Waals surface area contributed by atoms with Gasteiger partial charge >= 0.3 is 0 Å². The van der Waals surface area contributed by atoms with Crippen molar-refractivity contribution in [1.82, 2.24) is 5.32 Å². The van der Waals surface area contributed by atoms with Crippen LogP contribution in [0.2, 0.25) is 0 Å². The summed E-state index contributed by atoms with van der Waals surface area (Å²) < 4.78 is 5.17. The number of hydrogen-bond donors (Lipinski definition) is 1. The van der Waals surface area contributed by atoms with E-state index in [-0.39, 0.29) is 22.8 Å². The van der Waals surface area contributed by atoms with Crippen LogP contribution in [0.25, 0.3) is 0 Å². The van der Waals surface area contributed by atoms with Crippen molar-refractivity contribution in [2.24, 2.45) is 5.41 Å². The van der Waals surface area contributed by atoms with E-state index in [1.165, 1.54) is 0 Å². The summed E-state index contributed by atoms with van der Waals surface area (Å²) in [6, 6.07) is 7.73. The van der Waals surface area contributed by atoms with Crippen molar-refractivity contribution in [3.05, 3.63) is 29.8 Å². The van der Waals surface area contributed by atoms with Gasteiger partial charge in [0.15, 0.2) is 5.78 Å². The molecule has 1 atom stereocenters. The lowest BCUT2D eigenvalue weighted by Crippen LogP contribution is -2.51. The highest BCUT2D eigenvalue weighted by atomic mass is 16.5. The standard InChI is InChI=1S/C18H29NO2/c1-17(2,3)16(20)15(19-18(4,5)6)12-13-8-10-14(21-7)11-9-13/h8-11,15,19H,12H2,1-7H3. The predicted molar refractivity (Wildman–Crippen MR) is 87.8 cm³/mol. The Morgan fingerprint density at radius 2 is 1.62 bits per heavy atom. The minimum Gasteiger partial charge on any atom is -0.497 e. The SMILES string of the molecule is COc1ccc(CC(NC(C)(C)C)C(=O)C(C)(C)C)cc1. The molecule has 3 nitrogen and oxygen atoms in total. The first-order chi connectivity index (χ1) is 9.53. The molecule has 0 fully saturated rings. The van der Waals surface area contributed by atoms with Crippen LogP contribution in [-0.4, -0.2) is 24.5 Å². The van der Waals surface area contributed by atoms with Crippen molar-refractivity contribution in [2.45, 2.75) is 59.5 Å². The number of benzene rings is 1. The predicted octanol–water partition coefficient (Wildman–Crippen LogP) is 3.61. The van der Waals surface area contributed by atoms with Crippen LogP contribution < -0.4 is 10.1 Å². The zero-order valence-corrected chi connectivity index (χ0v) is 14.4. The molecule has 1 N–H and O–H groups in total. The van der Waals surface area contributed by atoms with Crippen molar-refractivity contribution in [1.29, 1.82) is 0 Å². The molecule has 0 spiro atoms. The Morgan fingerprint density at radius 3 is 2.00 bits per heavy atom. The van der Waals surface area contributed by atoms with E-state index in [0.717, 1.165) is 11.3 Å². The van der Waals surface area contributed by atoms with Crippen molar-refractivity contribution in [2.75, 3.05) is 7.11 Å². The van der Waals surface area contributed by atoms with Crippen LogP contribution in [0.5, 0.6) is 5.75 Å². The zero-order chi connectivity index (χ0) is 16.3. The first-order valence-electron chi connectivity index (χ1n) is 7.48. The van der Waals surface area contributed by atoms with Gasteiger partial charge in [-0.25, -0.2) is 0 Å². The third-order valence-corrected chi connectivity index (χ3v) is 3.26. The van der Waals surface area contributed by atoms with Crippen LogP contribution in [0.15, 0.2) is 24.3 Å². The summed E-state index contributed by atoms with van der Waals surface area (Å²) in [4.78, 5) is 12.7. The Balaban J connectivity index is 2.93. The average molecular weight is 291 g/mol. The molecular formula is C18H29NO2. The Bertz CT molecular complexity index is 463. The summed E-state index contributed by atoms with van der Waals surface area (Å²) in [6.45, 7) is 12.2. The van der Waals surface area contributed by atoms with Gasteiger partial charge in [-0.05, 0) is 44.9 Å². The van der Waals surface area contributed by atoms with E-state index >= 15 is 0 Å². The summed E-state index contributed by atoms with van der Waals surface area (Å²) in [5.74, 6) is 1.08. The van der Waals surface area contributed by atoms with Crippen LogP contribution in [0.1, 0.15) is 47.1 Å². The third-order valence-electron chi connectivity index (χ3n) is 3.26. The molecule has 3 heteroatoms. The van der Waals surface area contributed by atoms with Crippen LogP contribution in [-0.2, 0) is 11.2 Å². The number of hydrogen-bond acceptors (Lipinski definition) is 3. The molecule has 0 aliphatic heterocycles. The van der Waals surface area contributed by atoms with E-state index in [9.17, 15) is 4.79 Å². The molecule has 0 saturated carbocycles. The van der Waals surface area contributed by atoms with E-state index < -0.39 is 0 Å². The molecule has 1 aromatic carbocycles. The third kappa shape index (κ3) is 5.88. The first kappa shape index (κ1) is 17.7. The van der Waals surface area contributed by atoms with Gasteiger partial charge in [0.1, 0.15) is 5.75 Å². The summed E-state index contributed by atoms with van der Waals surface area (Å²) in [7, 11) is 1.65.